The number of rotatable bonds is 6. The zero-order valence-electron chi connectivity index (χ0n) is 19.0. The van der Waals surface area contributed by atoms with Crippen molar-refractivity contribution in [1.82, 2.24) is 18.7 Å². The summed E-state index contributed by atoms with van der Waals surface area (Å²) in [4.78, 5) is 29.6. The first-order valence-corrected chi connectivity index (χ1v) is 11.2. The Labute approximate surface area is 228 Å². The Morgan fingerprint density at radius 1 is 1.26 bits per heavy atom. The molecule has 34 heavy (non-hydrogen) atoms. The van der Waals surface area contributed by atoms with E-state index in [0.717, 1.165) is 4.57 Å². The second-order valence-corrected chi connectivity index (χ2v) is 8.77. The van der Waals surface area contributed by atoms with Crippen LogP contribution >= 0.6 is 22.9 Å². The molecule has 3 aromatic heterocycles. The minimum Gasteiger partial charge on any atom is -1.00 e. The molecule has 8 nitrogen and oxygen atoms in total. The summed E-state index contributed by atoms with van der Waals surface area (Å²) in [5.41, 5.74) is 1.54. The van der Waals surface area contributed by atoms with Crippen molar-refractivity contribution >= 4 is 42.3 Å². The first-order chi connectivity index (χ1) is 15.3. The van der Waals surface area contributed by atoms with Gasteiger partial charge in [-0.25, -0.2) is 9.78 Å². The molecule has 0 fully saturated rings. The molecule has 0 amide bonds. The van der Waals surface area contributed by atoms with E-state index in [1.54, 1.807) is 36.8 Å². The van der Waals surface area contributed by atoms with Crippen molar-refractivity contribution in [2.45, 2.75) is 25.5 Å². The quantitative estimate of drug-likeness (QED) is 0.368. The van der Waals surface area contributed by atoms with Crippen LogP contribution in [0.1, 0.15) is 29.5 Å². The number of aliphatic hydroxyl groups is 1. The van der Waals surface area contributed by atoms with Gasteiger partial charge in [0.2, 0.25) is 0 Å². The molecule has 168 valence electrons. The number of nitriles is 1. The van der Waals surface area contributed by atoms with Gasteiger partial charge in [0.15, 0.2) is 0 Å². The van der Waals surface area contributed by atoms with Crippen LogP contribution in [0.15, 0.2) is 45.4 Å². The van der Waals surface area contributed by atoms with E-state index >= 15 is 0 Å². The molecule has 0 saturated heterocycles. The predicted molar refractivity (Wildman–Crippen MR) is 130 cm³/mol. The van der Waals surface area contributed by atoms with Crippen LogP contribution in [0.4, 0.5) is 0 Å². The molecule has 3 heterocycles. The van der Waals surface area contributed by atoms with Gasteiger partial charge in [-0.05, 0) is 25.0 Å². The van der Waals surface area contributed by atoms with Gasteiger partial charge < -0.3 is 18.1 Å². The number of hydrogen-bond donors (Lipinski definition) is 1. The molecule has 1 N–H and O–H groups in total. The molecule has 0 spiro atoms. The fourth-order valence-electron chi connectivity index (χ4n) is 3.81. The molecule has 0 aliphatic rings. The number of nitrogens with zero attached hydrogens (tertiary/aromatic N) is 5. The normalized spacial score (nSPS) is 11.5. The summed E-state index contributed by atoms with van der Waals surface area (Å²) in [6.45, 7) is 0.494. The number of halogens is 1. The summed E-state index contributed by atoms with van der Waals surface area (Å²) < 4.78 is 4.43. The molecule has 4 aromatic rings. The SMILES string of the molecule is Cn1c(=O)c2c(-c3cccc(C#N)c3)n(CCCC(O)c3nc(Cl)cs3)cc2n(C)c1=O.[B-].[Na+]. The number of aromatic nitrogens is 4. The molecule has 1 atom stereocenters. The molecule has 4 rings (SSSR count). The van der Waals surface area contributed by atoms with E-state index in [1.165, 1.54) is 23.0 Å². The van der Waals surface area contributed by atoms with E-state index in [0.29, 0.717) is 57.3 Å². The molecule has 1 unspecified atom stereocenters. The zero-order chi connectivity index (χ0) is 23.0. The van der Waals surface area contributed by atoms with Crippen molar-refractivity contribution in [3.8, 4) is 17.3 Å². The Morgan fingerprint density at radius 2 is 2.00 bits per heavy atom. The number of fused-ring (bicyclic) bond motifs is 1. The van der Waals surface area contributed by atoms with Crippen molar-refractivity contribution in [1.29, 1.82) is 5.26 Å². The van der Waals surface area contributed by atoms with E-state index in [1.807, 2.05) is 10.6 Å². The summed E-state index contributed by atoms with van der Waals surface area (Å²) in [5, 5.41) is 22.7. The smallest absolute Gasteiger partial charge is 1.00 e. The van der Waals surface area contributed by atoms with Gasteiger partial charge in [0.05, 0.1) is 28.2 Å². The minimum atomic E-state index is -0.736. The molecule has 0 aliphatic carbocycles. The Balaban J connectivity index is 0.00000204. The largest absolute Gasteiger partial charge is 1.00 e. The second kappa shape index (κ2) is 11.5. The summed E-state index contributed by atoms with van der Waals surface area (Å²) in [7, 11) is 3.08. The topological polar surface area (TPSA) is 106 Å². The van der Waals surface area contributed by atoms with Gasteiger partial charge in [-0.1, -0.05) is 23.7 Å². The predicted octanol–water partition coefficient (Wildman–Crippen LogP) is -0.176. The van der Waals surface area contributed by atoms with E-state index in [4.69, 9.17) is 11.6 Å². The standard InChI is InChI=1S/C22H20ClN5O3S.B.Na/c1-26-15-11-28(8-4-7-16(29)20-25-17(23)12-32-20)19(14-6-3-5-13(9-14)10-24)18(15)21(30)27(2)22(26)31;;/h3,5-6,9,11-12,16,29H,4,7-8H2,1-2H3;;/q;-1;+1. The first kappa shape index (κ1) is 28.1. The summed E-state index contributed by atoms with van der Waals surface area (Å²) in [5.74, 6) is 0. The minimum absolute atomic E-state index is 0. The third-order valence-electron chi connectivity index (χ3n) is 5.43. The van der Waals surface area contributed by atoms with E-state index < -0.39 is 17.4 Å². The monoisotopic (exact) mass is 503 g/mol. The Kier molecular flexibility index (Phi) is 9.54. The van der Waals surface area contributed by atoms with Gasteiger partial charge in [-0.15, -0.1) is 11.3 Å². The molecular formula is C22H20BClN5NaO3S. The number of benzene rings is 1. The molecule has 12 heteroatoms. The Hall–Kier alpha value is -2.13. The van der Waals surface area contributed by atoms with Crippen molar-refractivity contribution in [3.63, 3.8) is 0 Å². The van der Waals surface area contributed by atoms with Crippen LogP contribution in [-0.2, 0) is 20.6 Å². The first-order valence-electron chi connectivity index (χ1n) is 9.90. The molecule has 4 radical (unpaired) electrons. The number of hydrogen-bond acceptors (Lipinski definition) is 6. The maximum atomic E-state index is 13.0. The summed E-state index contributed by atoms with van der Waals surface area (Å²) in [6.07, 6.45) is 2.09. The fourth-order valence-corrected chi connectivity index (χ4v) is 4.78. The average Bonchev–Trinajstić information content (AvgIpc) is 3.40. The van der Waals surface area contributed by atoms with E-state index in [-0.39, 0.29) is 38.0 Å². The van der Waals surface area contributed by atoms with Crippen LogP contribution < -0.4 is 40.8 Å². The molecule has 0 saturated carbocycles. The van der Waals surface area contributed by atoms with Gasteiger partial charge in [-0.2, -0.15) is 5.26 Å². The molecule has 0 aliphatic heterocycles. The van der Waals surface area contributed by atoms with Crippen LogP contribution in [0.2, 0.25) is 5.15 Å². The van der Waals surface area contributed by atoms with Crippen molar-refractivity contribution in [2.24, 2.45) is 14.1 Å². The summed E-state index contributed by atoms with van der Waals surface area (Å²) >= 11 is 7.16. The zero-order valence-corrected chi connectivity index (χ0v) is 22.6. The van der Waals surface area contributed by atoms with Crippen LogP contribution in [0.5, 0.6) is 0 Å². The van der Waals surface area contributed by atoms with E-state index in [9.17, 15) is 20.0 Å². The van der Waals surface area contributed by atoms with Crippen LogP contribution in [0, 0.1) is 11.3 Å². The maximum Gasteiger partial charge on any atom is 1.00 e. The van der Waals surface area contributed by atoms with Crippen LogP contribution in [0.25, 0.3) is 22.2 Å². The number of aliphatic hydroxyl groups excluding tert-OH is 1. The van der Waals surface area contributed by atoms with Gasteiger partial charge >= 0.3 is 35.2 Å². The number of aryl methyl sites for hydroxylation is 2. The second-order valence-electron chi connectivity index (χ2n) is 7.50. The van der Waals surface area contributed by atoms with E-state index in [2.05, 4.69) is 11.1 Å². The Bertz CT molecular complexity index is 1490. The summed E-state index contributed by atoms with van der Waals surface area (Å²) in [6, 6.07) is 9.15. The fraction of sp³-hybridized carbons (Fsp3) is 0.273. The molecular weight excluding hydrogens is 484 g/mol. The number of thiazole rings is 1. The van der Waals surface area contributed by atoms with Crippen LogP contribution in [-0.4, -0.2) is 32.2 Å². The van der Waals surface area contributed by atoms with Gasteiger partial charge in [0.25, 0.3) is 5.56 Å². The third-order valence-corrected chi connectivity index (χ3v) is 6.70. The molecule has 0 bridgehead atoms. The maximum absolute atomic E-state index is 13.0. The van der Waals surface area contributed by atoms with Crippen LogP contribution in [0.3, 0.4) is 0 Å². The van der Waals surface area contributed by atoms with Gasteiger partial charge in [0, 0.05) is 37.8 Å². The third kappa shape index (κ3) is 5.25. The Morgan fingerprint density at radius 3 is 2.65 bits per heavy atom. The van der Waals surface area contributed by atoms with Crippen molar-refractivity contribution in [3.05, 3.63) is 72.4 Å². The van der Waals surface area contributed by atoms with Crippen molar-refractivity contribution < 1.29 is 34.7 Å². The molecule has 1 aromatic carbocycles. The van der Waals surface area contributed by atoms with Gasteiger partial charge in [0.1, 0.15) is 16.3 Å². The van der Waals surface area contributed by atoms with Crippen molar-refractivity contribution in [2.75, 3.05) is 0 Å². The van der Waals surface area contributed by atoms with Gasteiger partial charge in [-0.3, -0.25) is 13.9 Å². The average molecular weight is 504 g/mol.